The Labute approximate surface area is 192 Å². The van der Waals surface area contributed by atoms with E-state index in [0.29, 0.717) is 12.4 Å². The van der Waals surface area contributed by atoms with Crippen molar-refractivity contribution in [1.82, 2.24) is 20.1 Å². The molecule has 0 aliphatic rings. The van der Waals surface area contributed by atoms with Gasteiger partial charge in [0.1, 0.15) is 28.8 Å². The normalized spacial score (nSPS) is 11.4. The summed E-state index contributed by atoms with van der Waals surface area (Å²) in [6.07, 6.45) is 1.01. The van der Waals surface area contributed by atoms with Gasteiger partial charge in [0.05, 0.1) is 23.8 Å². The van der Waals surface area contributed by atoms with Crippen molar-refractivity contribution in [2.24, 2.45) is 0 Å². The second-order valence-corrected chi connectivity index (χ2v) is 8.29. The fourth-order valence-electron chi connectivity index (χ4n) is 4.44. The Morgan fingerprint density at radius 3 is 2.61 bits per heavy atom. The summed E-state index contributed by atoms with van der Waals surface area (Å²) < 4.78 is 11.2. The van der Waals surface area contributed by atoms with E-state index >= 15 is 0 Å². The van der Waals surface area contributed by atoms with E-state index in [1.54, 1.807) is 7.11 Å². The number of H-pyrrole nitrogens is 1. The van der Waals surface area contributed by atoms with Crippen molar-refractivity contribution in [2.45, 2.75) is 40.7 Å². The molecule has 0 aliphatic carbocycles. The van der Waals surface area contributed by atoms with Gasteiger partial charge in [-0.2, -0.15) is 0 Å². The highest BCUT2D eigenvalue weighted by molar-refractivity contribution is 6.12. The van der Waals surface area contributed by atoms with Crippen molar-refractivity contribution in [3.8, 4) is 16.9 Å². The van der Waals surface area contributed by atoms with E-state index in [4.69, 9.17) is 14.2 Å². The number of aryl methyl sites for hydroxylation is 4. The zero-order valence-electron chi connectivity index (χ0n) is 19.5. The van der Waals surface area contributed by atoms with Gasteiger partial charge in [-0.05, 0) is 50.5 Å². The van der Waals surface area contributed by atoms with Gasteiger partial charge in [-0.25, -0.2) is 9.97 Å². The fourth-order valence-corrected chi connectivity index (χ4v) is 4.44. The topological polar surface area (TPSA) is 88.9 Å². The molecule has 5 rings (SSSR count). The van der Waals surface area contributed by atoms with Crippen molar-refractivity contribution >= 4 is 27.8 Å². The molecular formula is C26H27N5O2. The lowest BCUT2D eigenvalue weighted by atomic mass is 10.0. The van der Waals surface area contributed by atoms with Crippen LogP contribution >= 0.6 is 0 Å². The first-order valence-electron chi connectivity index (χ1n) is 11.1. The maximum atomic E-state index is 5.78. The Morgan fingerprint density at radius 2 is 1.88 bits per heavy atom. The maximum Gasteiger partial charge on any atom is 0.144 e. The number of nitrogens with zero attached hydrogens (tertiary/aromatic N) is 3. The molecule has 0 saturated heterocycles. The zero-order valence-corrected chi connectivity index (χ0v) is 19.5. The molecule has 3 aromatic heterocycles. The summed E-state index contributed by atoms with van der Waals surface area (Å²) in [5.41, 5.74) is 7.00. The summed E-state index contributed by atoms with van der Waals surface area (Å²) in [7, 11) is 1.68. The van der Waals surface area contributed by atoms with Gasteiger partial charge in [0.2, 0.25) is 0 Å². The number of ether oxygens (including phenoxy) is 1. The number of rotatable bonds is 6. The Morgan fingerprint density at radius 1 is 1.06 bits per heavy atom. The molecule has 168 valence electrons. The van der Waals surface area contributed by atoms with Crippen LogP contribution in [0.3, 0.4) is 0 Å². The summed E-state index contributed by atoms with van der Waals surface area (Å²) in [6, 6.07) is 12.7. The van der Waals surface area contributed by atoms with Crippen LogP contribution in [0.5, 0.6) is 5.75 Å². The van der Waals surface area contributed by atoms with Gasteiger partial charge in [0.25, 0.3) is 0 Å². The Kier molecular flexibility index (Phi) is 5.24. The van der Waals surface area contributed by atoms with Crippen LogP contribution in [0.4, 0.5) is 5.82 Å². The van der Waals surface area contributed by atoms with E-state index in [9.17, 15) is 0 Å². The first-order valence-corrected chi connectivity index (χ1v) is 11.1. The molecule has 0 saturated carbocycles. The summed E-state index contributed by atoms with van der Waals surface area (Å²) in [6.45, 7) is 8.60. The van der Waals surface area contributed by atoms with Crippen LogP contribution in [0.2, 0.25) is 0 Å². The molecule has 0 atom stereocenters. The van der Waals surface area contributed by atoms with Crippen molar-refractivity contribution < 1.29 is 9.26 Å². The van der Waals surface area contributed by atoms with Crippen LogP contribution in [-0.4, -0.2) is 27.2 Å². The molecular weight excluding hydrogens is 414 g/mol. The SMILES string of the molecule is CCc1cccc(CNc2nc(C)nc3[nH]c4cc(-c5c(C)noc5C)c(OC)cc4c23)c1. The highest BCUT2D eigenvalue weighted by Gasteiger charge is 2.20. The molecule has 0 bridgehead atoms. The number of hydrogen-bond donors (Lipinski definition) is 2. The third-order valence-electron chi connectivity index (χ3n) is 6.05. The van der Waals surface area contributed by atoms with E-state index in [2.05, 4.69) is 57.7 Å². The first kappa shape index (κ1) is 21.0. The molecule has 2 N–H and O–H groups in total. The lowest BCUT2D eigenvalue weighted by Gasteiger charge is -2.11. The highest BCUT2D eigenvalue weighted by Crippen LogP contribution is 2.40. The molecule has 33 heavy (non-hydrogen) atoms. The van der Waals surface area contributed by atoms with Gasteiger partial charge >= 0.3 is 0 Å². The summed E-state index contributed by atoms with van der Waals surface area (Å²) >= 11 is 0. The molecule has 3 heterocycles. The van der Waals surface area contributed by atoms with Crippen molar-refractivity contribution in [2.75, 3.05) is 12.4 Å². The number of benzene rings is 2. The number of methoxy groups -OCH3 is 1. The predicted molar refractivity (Wildman–Crippen MR) is 131 cm³/mol. The number of fused-ring (bicyclic) bond motifs is 3. The van der Waals surface area contributed by atoms with E-state index in [-0.39, 0.29) is 0 Å². The third-order valence-corrected chi connectivity index (χ3v) is 6.05. The van der Waals surface area contributed by atoms with Gasteiger partial charge in [-0.3, -0.25) is 0 Å². The molecule has 2 aromatic carbocycles. The van der Waals surface area contributed by atoms with Crippen LogP contribution in [0.1, 0.15) is 35.3 Å². The Hall–Kier alpha value is -3.87. The number of nitrogens with one attached hydrogen (secondary N) is 2. The van der Waals surface area contributed by atoms with E-state index in [1.807, 2.05) is 26.8 Å². The smallest absolute Gasteiger partial charge is 0.144 e. The van der Waals surface area contributed by atoms with Crippen molar-refractivity contribution in [1.29, 1.82) is 0 Å². The summed E-state index contributed by atoms with van der Waals surface area (Å²) in [4.78, 5) is 12.9. The van der Waals surface area contributed by atoms with Gasteiger partial charge < -0.3 is 19.6 Å². The second kappa shape index (κ2) is 8.24. The molecule has 0 unspecified atom stereocenters. The molecule has 0 amide bonds. The highest BCUT2D eigenvalue weighted by atomic mass is 16.5. The van der Waals surface area contributed by atoms with E-state index in [0.717, 1.165) is 62.5 Å². The van der Waals surface area contributed by atoms with Crippen LogP contribution in [0, 0.1) is 20.8 Å². The second-order valence-electron chi connectivity index (χ2n) is 8.29. The maximum absolute atomic E-state index is 5.78. The molecule has 0 radical (unpaired) electrons. The predicted octanol–water partition coefficient (Wildman–Crippen LogP) is 5.87. The fraction of sp³-hybridized carbons (Fsp3) is 0.269. The van der Waals surface area contributed by atoms with Gasteiger partial charge in [-0.15, -0.1) is 0 Å². The van der Waals surface area contributed by atoms with E-state index < -0.39 is 0 Å². The number of anilines is 1. The van der Waals surface area contributed by atoms with Crippen LogP contribution in [-0.2, 0) is 13.0 Å². The molecule has 0 spiro atoms. The van der Waals surface area contributed by atoms with Gasteiger partial charge in [-0.1, -0.05) is 36.3 Å². The molecule has 7 heteroatoms. The zero-order chi connectivity index (χ0) is 23.1. The van der Waals surface area contributed by atoms with Crippen molar-refractivity contribution in [3.63, 3.8) is 0 Å². The molecule has 0 aliphatic heterocycles. The van der Waals surface area contributed by atoms with Crippen LogP contribution < -0.4 is 10.1 Å². The average molecular weight is 442 g/mol. The van der Waals surface area contributed by atoms with E-state index in [1.165, 1.54) is 11.1 Å². The lowest BCUT2D eigenvalue weighted by molar-refractivity contribution is 0.393. The standard InChI is InChI=1S/C26H27N5O2/c1-6-17-8-7-9-18(10-17)13-27-25-24-19-12-22(32-5)20(23-14(2)31-33-15(23)3)11-21(19)30-26(24)29-16(4)28-25/h7-12H,6,13H2,1-5H3,(H2,27,28,29,30). The Bertz CT molecular complexity index is 1460. The summed E-state index contributed by atoms with van der Waals surface area (Å²) in [5, 5.41) is 9.60. The summed E-state index contributed by atoms with van der Waals surface area (Å²) in [5.74, 6) is 3.02. The van der Waals surface area contributed by atoms with Crippen LogP contribution in [0.25, 0.3) is 33.1 Å². The number of hydrogen-bond acceptors (Lipinski definition) is 6. The minimum atomic E-state index is 0.681. The largest absolute Gasteiger partial charge is 0.496 e. The van der Waals surface area contributed by atoms with Gasteiger partial charge in [0.15, 0.2) is 0 Å². The minimum Gasteiger partial charge on any atom is -0.496 e. The monoisotopic (exact) mass is 441 g/mol. The molecule has 5 aromatic rings. The van der Waals surface area contributed by atoms with Crippen LogP contribution in [0.15, 0.2) is 40.9 Å². The number of aromatic nitrogens is 4. The van der Waals surface area contributed by atoms with Gasteiger partial charge in [0, 0.05) is 23.0 Å². The molecule has 0 fully saturated rings. The average Bonchev–Trinajstić information content (AvgIpc) is 3.34. The first-order chi connectivity index (χ1) is 16.0. The quantitative estimate of drug-likeness (QED) is 0.342. The molecule has 7 nitrogen and oxygen atoms in total. The van der Waals surface area contributed by atoms with Crippen molar-refractivity contribution in [3.05, 3.63) is 64.8 Å². The lowest BCUT2D eigenvalue weighted by Crippen LogP contribution is -2.04. The number of aromatic amines is 1. The Balaban J connectivity index is 1.64. The third kappa shape index (κ3) is 3.69. The minimum absolute atomic E-state index is 0.681.